The molecule has 1 aliphatic carbocycles. The van der Waals surface area contributed by atoms with Crippen molar-refractivity contribution in [1.82, 2.24) is 0 Å². The molecule has 0 fully saturated rings. The van der Waals surface area contributed by atoms with E-state index in [1.54, 1.807) is 12.1 Å². The van der Waals surface area contributed by atoms with Gasteiger partial charge in [-0.25, -0.2) is 0 Å². The highest BCUT2D eigenvalue weighted by molar-refractivity contribution is 7.90. The van der Waals surface area contributed by atoms with Gasteiger partial charge in [0.25, 0.3) is 10.0 Å². The molecule has 0 amide bonds. The van der Waals surface area contributed by atoms with Gasteiger partial charge >= 0.3 is 0 Å². The molecule has 124 valence electrons. The number of rotatable bonds is 2. The maximum absolute atomic E-state index is 12.4. The zero-order chi connectivity index (χ0) is 17.6. The molecule has 0 N–H and O–H groups in total. The van der Waals surface area contributed by atoms with Crippen LogP contribution in [0.25, 0.3) is 0 Å². The molecular formula is C14H11Cl4NO3S. The normalized spacial score (nSPS) is 27.7. The minimum absolute atomic E-state index is 0.0340. The van der Waals surface area contributed by atoms with Crippen LogP contribution in [0.2, 0.25) is 0 Å². The van der Waals surface area contributed by atoms with E-state index >= 15 is 0 Å². The largest absolute Gasteiger partial charge is 0.291 e. The number of carbonyl (C=O) groups excluding carboxylic acids is 1. The van der Waals surface area contributed by atoms with E-state index in [-0.39, 0.29) is 20.7 Å². The molecule has 0 bridgehead atoms. The molecule has 1 aliphatic rings. The van der Waals surface area contributed by atoms with Crippen molar-refractivity contribution in [2.24, 2.45) is 4.40 Å². The van der Waals surface area contributed by atoms with Gasteiger partial charge in [0.2, 0.25) is 0 Å². The van der Waals surface area contributed by atoms with Gasteiger partial charge in [-0.05, 0) is 26.0 Å². The number of aryl methyl sites for hydroxylation is 1. The fraction of sp³-hybridized carbons (Fsp3) is 0.286. The lowest BCUT2D eigenvalue weighted by atomic mass is 9.91. The van der Waals surface area contributed by atoms with Crippen molar-refractivity contribution in [3.8, 4) is 0 Å². The van der Waals surface area contributed by atoms with E-state index in [4.69, 9.17) is 46.4 Å². The number of ketones is 1. The second-order valence-electron chi connectivity index (χ2n) is 5.16. The zero-order valence-electron chi connectivity index (χ0n) is 12.0. The van der Waals surface area contributed by atoms with Gasteiger partial charge in [0.15, 0.2) is 5.78 Å². The summed E-state index contributed by atoms with van der Waals surface area (Å²) in [5.74, 6) is -0.683. The van der Waals surface area contributed by atoms with Crippen LogP contribution in [0.5, 0.6) is 0 Å². The minimum atomic E-state index is -4.08. The molecule has 2 unspecified atom stereocenters. The minimum Gasteiger partial charge on any atom is -0.291 e. The van der Waals surface area contributed by atoms with Gasteiger partial charge in [0.1, 0.15) is 15.3 Å². The predicted octanol–water partition coefficient (Wildman–Crippen LogP) is 4.00. The summed E-state index contributed by atoms with van der Waals surface area (Å²) in [6.07, 6.45) is 0. The molecule has 0 saturated heterocycles. The summed E-state index contributed by atoms with van der Waals surface area (Å²) in [6.45, 7) is 3.15. The van der Waals surface area contributed by atoms with Crippen LogP contribution in [-0.2, 0) is 14.8 Å². The first-order chi connectivity index (χ1) is 10.5. The third kappa shape index (κ3) is 3.44. The van der Waals surface area contributed by atoms with Crippen LogP contribution in [0.1, 0.15) is 12.5 Å². The van der Waals surface area contributed by atoms with Gasteiger partial charge in [-0.15, -0.1) is 23.2 Å². The number of hydrogen-bond acceptors (Lipinski definition) is 3. The fourth-order valence-electron chi connectivity index (χ4n) is 1.89. The maximum atomic E-state index is 12.4. The number of carbonyl (C=O) groups is 1. The Bertz CT molecular complexity index is 826. The molecule has 2 atom stereocenters. The van der Waals surface area contributed by atoms with Crippen LogP contribution < -0.4 is 0 Å². The van der Waals surface area contributed by atoms with E-state index in [2.05, 4.69) is 4.40 Å². The Morgan fingerprint density at radius 1 is 1.13 bits per heavy atom. The first-order valence-electron chi connectivity index (χ1n) is 6.33. The Hall–Kier alpha value is -0.590. The van der Waals surface area contributed by atoms with E-state index in [0.717, 1.165) is 5.56 Å². The summed E-state index contributed by atoms with van der Waals surface area (Å²) in [6, 6.07) is 6.08. The third-order valence-corrected chi connectivity index (χ3v) is 6.60. The van der Waals surface area contributed by atoms with Crippen LogP contribution >= 0.6 is 46.4 Å². The van der Waals surface area contributed by atoms with Crippen molar-refractivity contribution in [2.45, 2.75) is 29.0 Å². The Morgan fingerprint density at radius 3 is 2.17 bits per heavy atom. The summed E-state index contributed by atoms with van der Waals surface area (Å²) >= 11 is 24.0. The summed E-state index contributed by atoms with van der Waals surface area (Å²) < 4.78 is 28.5. The van der Waals surface area contributed by atoms with Crippen LogP contribution in [-0.4, -0.2) is 30.2 Å². The molecule has 1 aromatic rings. The molecule has 0 saturated carbocycles. The Balaban J connectivity index is 2.61. The highest BCUT2D eigenvalue weighted by atomic mass is 35.5. The standard InChI is InChI=1S/C14H11Cl4NO3S/c1-7-3-5-8(6-4-7)23(21,22)19-11-9(15)10(16)13(20)14(2,18)12(11)17/h3-6,12H,1-2H3/b19-11+. The van der Waals surface area contributed by atoms with Crippen LogP contribution in [0.4, 0.5) is 0 Å². The topological polar surface area (TPSA) is 63.6 Å². The smallest absolute Gasteiger partial charge is 0.282 e. The van der Waals surface area contributed by atoms with Crippen LogP contribution in [0, 0.1) is 6.92 Å². The summed E-state index contributed by atoms with van der Waals surface area (Å²) in [4.78, 5) is 10.3. The van der Waals surface area contributed by atoms with E-state index in [1.807, 2.05) is 6.92 Å². The van der Waals surface area contributed by atoms with E-state index < -0.39 is 26.1 Å². The molecule has 1 aromatic carbocycles. The van der Waals surface area contributed by atoms with E-state index in [1.165, 1.54) is 19.1 Å². The lowest BCUT2D eigenvalue weighted by Gasteiger charge is -2.31. The summed E-state index contributed by atoms with van der Waals surface area (Å²) in [5, 5.41) is -1.95. The molecule has 0 radical (unpaired) electrons. The van der Waals surface area contributed by atoms with Gasteiger partial charge in [-0.3, -0.25) is 4.79 Å². The van der Waals surface area contributed by atoms with Gasteiger partial charge < -0.3 is 0 Å². The monoisotopic (exact) mass is 413 g/mol. The molecule has 0 spiro atoms. The lowest BCUT2D eigenvalue weighted by Crippen LogP contribution is -2.47. The number of hydrogen-bond donors (Lipinski definition) is 0. The van der Waals surface area contributed by atoms with Crippen molar-refractivity contribution < 1.29 is 13.2 Å². The predicted molar refractivity (Wildman–Crippen MR) is 93.4 cm³/mol. The first-order valence-corrected chi connectivity index (χ1v) is 9.34. The number of allylic oxidation sites excluding steroid dienone is 2. The van der Waals surface area contributed by atoms with Crippen molar-refractivity contribution in [3.63, 3.8) is 0 Å². The average Bonchev–Trinajstić information content (AvgIpc) is 2.49. The number of nitrogens with zero attached hydrogens (tertiary/aromatic N) is 1. The lowest BCUT2D eigenvalue weighted by molar-refractivity contribution is -0.117. The molecular weight excluding hydrogens is 404 g/mol. The molecule has 9 heteroatoms. The number of halogens is 4. The number of alkyl halides is 2. The van der Waals surface area contributed by atoms with Gasteiger partial charge in [-0.2, -0.15) is 12.8 Å². The van der Waals surface area contributed by atoms with Crippen molar-refractivity contribution >= 4 is 67.9 Å². The average molecular weight is 415 g/mol. The Labute approximate surface area is 154 Å². The number of sulfonamides is 1. The van der Waals surface area contributed by atoms with Gasteiger partial charge in [-0.1, -0.05) is 40.9 Å². The maximum Gasteiger partial charge on any atom is 0.282 e. The van der Waals surface area contributed by atoms with Crippen molar-refractivity contribution in [1.29, 1.82) is 0 Å². The quantitative estimate of drug-likeness (QED) is 0.687. The molecule has 0 heterocycles. The highest BCUT2D eigenvalue weighted by Crippen LogP contribution is 2.40. The second kappa shape index (κ2) is 6.37. The van der Waals surface area contributed by atoms with Crippen LogP contribution in [0.15, 0.2) is 43.6 Å². The number of Topliss-reactive ketones (excluding diaryl/α,β-unsaturated/α-hetero) is 1. The fourth-order valence-corrected chi connectivity index (χ4v) is 4.13. The van der Waals surface area contributed by atoms with Crippen molar-refractivity contribution in [2.75, 3.05) is 0 Å². The van der Waals surface area contributed by atoms with E-state index in [9.17, 15) is 13.2 Å². The zero-order valence-corrected chi connectivity index (χ0v) is 15.8. The number of benzene rings is 1. The molecule has 2 rings (SSSR count). The highest BCUT2D eigenvalue weighted by Gasteiger charge is 2.49. The summed E-state index contributed by atoms with van der Waals surface area (Å²) in [5.41, 5.74) is 0.639. The summed E-state index contributed by atoms with van der Waals surface area (Å²) in [7, 11) is -4.08. The third-order valence-electron chi connectivity index (χ3n) is 3.31. The van der Waals surface area contributed by atoms with Gasteiger partial charge in [0.05, 0.1) is 15.6 Å². The van der Waals surface area contributed by atoms with Gasteiger partial charge in [0, 0.05) is 0 Å². The second-order valence-corrected chi connectivity index (χ2v) is 8.74. The molecule has 4 nitrogen and oxygen atoms in total. The molecule has 0 aromatic heterocycles. The molecule has 0 aliphatic heterocycles. The van der Waals surface area contributed by atoms with Crippen LogP contribution in [0.3, 0.4) is 0 Å². The Kier molecular flexibility index (Phi) is 5.19. The van der Waals surface area contributed by atoms with Crippen molar-refractivity contribution in [3.05, 3.63) is 39.9 Å². The SMILES string of the molecule is Cc1ccc(S(=O)(=O)/N=C2\C(Cl)=C(Cl)C(=O)C(C)(Cl)C2Cl)cc1. The van der Waals surface area contributed by atoms with E-state index in [0.29, 0.717) is 0 Å². The Morgan fingerprint density at radius 2 is 1.65 bits per heavy atom. The molecule has 23 heavy (non-hydrogen) atoms. The first kappa shape index (κ1) is 18.7.